The first kappa shape index (κ1) is 20.6. The fourth-order valence-electron chi connectivity index (χ4n) is 4.57. The average Bonchev–Trinajstić information content (AvgIpc) is 3.04. The Balaban J connectivity index is 1.30. The Morgan fingerprint density at radius 2 is 2.07 bits per heavy atom. The summed E-state index contributed by atoms with van der Waals surface area (Å²) in [6.45, 7) is 7.06. The molecule has 1 aromatic heterocycles. The average molecular weight is 408 g/mol. The molecule has 1 amide bonds. The first-order chi connectivity index (χ1) is 14.5. The van der Waals surface area contributed by atoms with Crippen LogP contribution in [-0.4, -0.2) is 28.9 Å². The third-order valence-electron chi connectivity index (χ3n) is 6.30. The highest BCUT2D eigenvalue weighted by molar-refractivity contribution is 5.91. The molecule has 4 rings (SSSR count). The maximum atomic E-state index is 13.2. The molecule has 0 spiro atoms. The van der Waals surface area contributed by atoms with Crippen LogP contribution < -0.4 is 5.32 Å². The molecule has 5 heteroatoms. The van der Waals surface area contributed by atoms with Crippen LogP contribution in [0.2, 0.25) is 0 Å². The zero-order valence-electron chi connectivity index (χ0n) is 17.8. The third kappa shape index (κ3) is 4.73. The minimum Gasteiger partial charge on any atom is -0.357 e. The Kier molecular flexibility index (Phi) is 6.18. The molecule has 1 aliphatic heterocycles. The summed E-state index contributed by atoms with van der Waals surface area (Å²) in [4.78, 5) is 18.5. The number of carbonyl (C=O) groups is 1. The van der Waals surface area contributed by atoms with Gasteiger partial charge in [-0.25, -0.2) is 4.39 Å². The lowest BCUT2D eigenvalue weighted by molar-refractivity contribution is -0.116. The maximum Gasteiger partial charge on any atom is 0.224 e. The lowest BCUT2D eigenvalue weighted by Crippen LogP contribution is -2.35. The van der Waals surface area contributed by atoms with Crippen LogP contribution in [0.3, 0.4) is 0 Å². The van der Waals surface area contributed by atoms with Gasteiger partial charge < -0.3 is 10.3 Å². The topological polar surface area (TPSA) is 48.1 Å². The molecule has 2 aromatic carbocycles. The number of piperidine rings is 1. The molecule has 158 valence electrons. The number of fused-ring (bicyclic) bond motifs is 1. The van der Waals surface area contributed by atoms with Gasteiger partial charge in [0.2, 0.25) is 5.91 Å². The first-order valence-electron chi connectivity index (χ1n) is 10.8. The molecule has 0 radical (unpaired) electrons. The fraction of sp³-hybridized carbons (Fsp3) is 0.400. The molecule has 2 N–H and O–H groups in total. The van der Waals surface area contributed by atoms with E-state index < -0.39 is 0 Å². The van der Waals surface area contributed by atoms with Crippen molar-refractivity contribution in [2.24, 2.45) is 5.92 Å². The maximum absolute atomic E-state index is 13.2. The van der Waals surface area contributed by atoms with Crippen LogP contribution in [0.5, 0.6) is 0 Å². The highest BCUT2D eigenvalue weighted by Crippen LogP contribution is 2.26. The zero-order valence-corrected chi connectivity index (χ0v) is 17.8. The monoisotopic (exact) mass is 407 g/mol. The normalized spacial score (nSPS) is 17.4. The van der Waals surface area contributed by atoms with E-state index in [1.807, 2.05) is 6.92 Å². The van der Waals surface area contributed by atoms with Crippen molar-refractivity contribution in [2.45, 2.75) is 46.1 Å². The molecule has 1 aliphatic rings. The van der Waals surface area contributed by atoms with Gasteiger partial charge in [-0.3, -0.25) is 9.69 Å². The van der Waals surface area contributed by atoms with Crippen molar-refractivity contribution in [3.63, 3.8) is 0 Å². The number of carbonyl (C=O) groups excluding carboxylic acids is 1. The molecule has 1 saturated heterocycles. The molecule has 4 nitrogen and oxygen atoms in total. The van der Waals surface area contributed by atoms with Gasteiger partial charge >= 0.3 is 0 Å². The largest absolute Gasteiger partial charge is 0.357 e. The molecule has 3 aromatic rings. The van der Waals surface area contributed by atoms with E-state index in [0.29, 0.717) is 18.0 Å². The summed E-state index contributed by atoms with van der Waals surface area (Å²) in [5, 5.41) is 4.23. The smallest absolute Gasteiger partial charge is 0.224 e. The van der Waals surface area contributed by atoms with Gasteiger partial charge in [0.25, 0.3) is 0 Å². The Morgan fingerprint density at radius 3 is 2.87 bits per heavy atom. The van der Waals surface area contributed by atoms with E-state index in [-0.39, 0.29) is 11.7 Å². The van der Waals surface area contributed by atoms with E-state index in [0.717, 1.165) is 31.6 Å². The van der Waals surface area contributed by atoms with Gasteiger partial charge in [0, 0.05) is 41.8 Å². The van der Waals surface area contributed by atoms with E-state index in [9.17, 15) is 9.18 Å². The van der Waals surface area contributed by atoms with Gasteiger partial charge in [-0.15, -0.1) is 0 Å². The number of likely N-dealkylation sites (tertiary alicyclic amines) is 1. The minimum absolute atomic E-state index is 0.00768. The molecule has 1 unspecified atom stereocenters. The highest BCUT2D eigenvalue weighted by atomic mass is 19.1. The number of aromatic nitrogens is 1. The van der Waals surface area contributed by atoms with E-state index in [2.05, 4.69) is 46.4 Å². The number of nitrogens with one attached hydrogen (secondary N) is 2. The number of benzene rings is 2. The number of para-hydroxylation sites is 1. The molecule has 0 bridgehead atoms. The zero-order chi connectivity index (χ0) is 21.1. The second kappa shape index (κ2) is 9.00. The number of rotatable bonds is 6. The van der Waals surface area contributed by atoms with Crippen molar-refractivity contribution in [3.05, 3.63) is 65.1 Å². The van der Waals surface area contributed by atoms with Crippen LogP contribution >= 0.6 is 0 Å². The summed E-state index contributed by atoms with van der Waals surface area (Å²) in [7, 11) is 0. The summed E-state index contributed by atoms with van der Waals surface area (Å²) in [5.74, 6) is 0.259. The van der Waals surface area contributed by atoms with Crippen molar-refractivity contribution in [1.82, 2.24) is 9.88 Å². The molecule has 0 saturated carbocycles. The number of hydrogen-bond acceptors (Lipinski definition) is 2. The van der Waals surface area contributed by atoms with Crippen LogP contribution in [0.25, 0.3) is 10.9 Å². The number of halogens is 1. The lowest BCUT2D eigenvalue weighted by Gasteiger charge is -2.32. The Bertz CT molecular complexity index is 1040. The quantitative estimate of drug-likeness (QED) is 0.562. The van der Waals surface area contributed by atoms with Crippen LogP contribution in [-0.2, 0) is 11.3 Å². The van der Waals surface area contributed by atoms with Crippen LogP contribution in [0.4, 0.5) is 10.1 Å². The second-order valence-electron chi connectivity index (χ2n) is 8.56. The number of H-pyrrole nitrogens is 1. The van der Waals surface area contributed by atoms with Crippen LogP contribution in [0.15, 0.2) is 42.5 Å². The standard InChI is InChI=1S/C25H30FN3O/c1-17-14-20(26)10-11-22(17)28-25(30)12-9-19-6-5-13-29(15-19)16-24-18(2)21-7-3-4-8-23(21)27-24/h3-4,7-8,10-11,14,19,27H,5-6,9,12-13,15-16H2,1-2H3,(H,28,30). The number of hydrogen-bond donors (Lipinski definition) is 2. The van der Waals surface area contributed by atoms with Crippen molar-refractivity contribution in [3.8, 4) is 0 Å². The first-order valence-corrected chi connectivity index (χ1v) is 10.8. The summed E-state index contributed by atoms with van der Waals surface area (Å²) < 4.78 is 13.2. The number of nitrogens with zero attached hydrogens (tertiary/aromatic N) is 1. The summed E-state index contributed by atoms with van der Waals surface area (Å²) >= 11 is 0. The third-order valence-corrected chi connectivity index (χ3v) is 6.30. The van der Waals surface area contributed by atoms with Gasteiger partial charge in [-0.1, -0.05) is 18.2 Å². The summed E-state index contributed by atoms with van der Waals surface area (Å²) in [5.41, 5.74) is 5.27. The van der Waals surface area contributed by atoms with E-state index >= 15 is 0 Å². The number of anilines is 1. The lowest BCUT2D eigenvalue weighted by atomic mass is 9.93. The van der Waals surface area contributed by atoms with E-state index in [1.165, 1.54) is 47.1 Å². The number of amides is 1. The SMILES string of the molecule is Cc1cc(F)ccc1NC(=O)CCC1CCCN(Cc2[nH]c3ccccc3c2C)C1. The second-order valence-corrected chi connectivity index (χ2v) is 8.56. The predicted molar refractivity (Wildman–Crippen MR) is 120 cm³/mol. The molecule has 30 heavy (non-hydrogen) atoms. The summed E-state index contributed by atoms with van der Waals surface area (Å²) in [6.07, 6.45) is 3.72. The molecular weight excluding hydrogens is 377 g/mol. The molecule has 0 aliphatic carbocycles. The molecular formula is C25H30FN3O. The van der Waals surface area contributed by atoms with Crippen molar-refractivity contribution in [2.75, 3.05) is 18.4 Å². The van der Waals surface area contributed by atoms with Crippen LogP contribution in [0, 0.1) is 25.6 Å². The van der Waals surface area contributed by atoms with E-state index in [4.69, 9.17) is 0 Å². The Morgan fingerprint density at radius 1 is 1.23 bits per heavy atom. The van der Waals surface area contributed by atoms with Gasteiger partial charge in [0.05, 0.1) is 0 Å². The molecule has 1 fully saturated rings. The Labute approximate surface area is 177 Å². The van der Waals surface area contributed by atoms with Crippen LogP contribution in [0.1, 0.15) is 42.5 Å². The van der Waals surface area contributed by atoms with Gasteiger partial charge in [-0.2, -0.15) is 0 Å². The van der Waals surface area contributed by atoms with Crippen molar-refractivity contribution < 1.29 is 9.18 Å². The van der Waals surface area contributed by atoms with Gasteiger partial charge in [0.1, 0.15) is 5.82 Å². The number of aryl methyl sites for hydroxylation is 2. The van der Waals surface area contributed by atoms with Gasteiger partial charge in [-0.05, 0) is 81.0 Å². The highest BCUT2D eigenvalue weighted by Gasteiger charge is 2.22. The van der Waals surface area contributed by atoms with Crippen molar-refractivity contribution in [1.29, 1.82) is 0 Å². The Hall–Kier alpha value is -2.66. The molecule has 2 heterocycles. The van der Waals surface area contributed by atoms with Gasteiger partial charge in [0.15, 0.2) is 0 Å². The van der Waals surface area contributed by atoms with E-state index in [1.54, 1.807) is 6.07 Å². The summed E-state index contributed by atoms with van der Waals surface area (Å²) in [6, 6.07) is 12.9. The minimum atomic E-state index is -0.280. The van der Waals surface area contributed by atoms with Crippen molar-refractivity contribution >= 4 is 22.5 Å². The predicted octanol–water partition coefficient (Wildman–Crippen LogP) is 5.55. The molecule has 1 atom stereocenters. The fourth-order valence-corrected chi connectivity index (χ4v) is 4.57. The number of aromatic amines is 1.